The third kappa shape index (κ3) is 4.14. The van der Waals surface area contributed by atoms with Crippen LogP contribution >= 0.6 is 0 Å². The van der Waals surface area contributed by atoms with Gasteiger partial charge in [0, 0.05) is 36.7 Å². The number of carbonyl (C=O) groups excluding carboxylic acids is 2. The van der Waals surface area contributed by atoms with Gasteiger partial charge in [0.2, 0.25) is 6.10 Å². The van der Waals surface area contributed by atoms with E-state index >= 15 is 0 Å². The summed E-state index contributed by atoms with van der Waals surface area (Å²) in [7, 11) is 0. The average molecular weight is 380 g/mol. The molecule has 0 aliphatic carbocycles. The second-order valence-corrected chi connectivity index (χ2v) is 6.36. The van der Waals surface area contributed by atoms with Crippen molar-refractivity contribution in [1.82, 2.24) is 10.2 Å². The van der Waals surface area contributed by atoms with Gasteiger partial charge in [-0.1, -0.05) is 30.3 Å². The fourth-order valence-electron chi connectivity index (χ4n) is 3.13. The molecule has 146 valence electrons. The van der Waals surface area contributed by atoms with E-state index in [1.165, 1.54) is 6.92 Å². The molecule has 1 heterocycles. The van der Waals surface area contributed by atoms with Crippen LogP contribution in [0.4, 0.5) is 11.5 Å². The number of fused-ring (bicyclic) bond motifs is 1. The Labute approximate surface area is 163 Å². The van der Waals surface area contributed by atoms with E-state index < -0.39 is 18.0 Å². The third-order valence-electron chi connectivity index (χ3n) is 4.54. The minimum atomic E-state index is -1.04. The van der Waals surface area contributed by atoms with Gasteiger partial charge in [0.05, 0.1) is 5.52 Å². The second kappa shape index (κ2) is 8.56. The van der Waals surface area contributed by atoms with Gasteiger partial charge in [-0.2, -0.15) is 5.10 Å². The molecule has 2 N–H and O–H groups in total. The van der Waals surface area contributed by atoms with E-state index in [0.717, 1.165) is 29.7 Å². The molecule has 0 spiro atoms. The molecule has 1 atom stereocenters. The highest BCUT2D eigenvalue weighted by Crippen LogP contribution is 2.27. The highest BCUT2D eigenvalue weighted by Gasteiger charge is 2.25. The number of nitrogens with zero attached hydrogens (tertiary/aromatic N) is 2. The molecular formula is C21H24N4O3. The maximum absolute atomic E-state index is 12.9. The van der Waals surface area contributed by atoms with Crippen molar-refractivity contribution in [3.05, 3.63) is 54.1 Å². The lowest BCUT2D eigenvalue weighted by molar-refractivity contribution is -0.152. The molecular weight excluding hydrogens is 356 g/mol. The van der Waals surface area contributed by atoms with Crippen molar-refractivity contribution < 1.29 is 14.3 Å². The summed E-state index contributed by atoms with van der Waals surface area (Å²) in [6.45, 7) is 7.22. The average Bonchev–Trinajstić information content (AvgIpc) is 3.10. The summed E-state index contributed by atoms with van der Waals surface area (Å²) in [4.78, 5) is 26.6. The molecule has 1 aromatic heterocycles. The Morgan fingerprint density at radius 3 is 2.50 bits per heavy atom. The van der Waals surface area contributed by atoms with Gasteiger partial charge in [-0.15, -0.1) is 0 Å². The molecule has 0 radical (unpaired) electrons. The Morgan fingerprint density at radius 2 is 1.86 bits per heavy atom. The molecule has 1 unspecified atom stereocenters. The molecule has 2 aromatic carbocycles. The first kappa shape index (κ1) is 19.4. The number of aromatic amines is 1. The Bertz CT molecular complexity index is 964. The summed E-state index contributed by atoms with van der Waals surface area (Å²) in [6.07, 6.45) is -1.04. The van der Waals surface area contributed by atoms with E-state index in [1.54, 1.807) is 24.3 Å². The predicted molar refractivity (Wildman–Crippen MR) is 109 cm³/mol. The number of benzene rings is 2. The van der Waals surface area contributed by atoms with Gasteiger partial charge in [0.25, 0.3) is 5.91 Å². The van der Waals surface area contributed by atoms with Crippen molar-refractivity contribution >= 4 is 34.3 Å². The van der Waals surface area contributed by atoms with Gasteiger partial charge < -0.3 is 15.0 Å². The maximum Gasteiger partial charge on any atom is 0.303 e. The monoisotopic (exact) mass is 380 g/mol. The molecule has 7 heteroatoms. The molecule has 0 saturated heterocycles. The summed E-state index contributed by atoms with van der Waals surface area (Å²) < 4.78 is 5.26. The zero-order valence-electron chi connectivity index (χ0n) is 16.2. The van der Waals surface area contributed by atoms with Crippen LogP contribution in [0.25, 0.3) is 10.9 Å². The minimum absolute atomic E-state index is 0.405. The number of aromatic nitrogens is 2. The molecule has 3 rings (SSSR count). The largest absolute Gasteiger partial charge is 0.447 e. The van der Waals surface area contributed by atoms with Gasteiger partial charge in [-0.3, -0.25) is 14.7 Å². The van der Waals surface area contributed by atoms with E-state index in [2.05, 4.69) is 34.3 Å². The molecule has 7 nitrogen and oxygen atoms in total. The van der Waals surface area contributed by atoms with Crippen molar-refractivity contribution in [3.8, 4) is 0 Å². The van der Waals surface area contributed by atoms with Crippen LogP contribution < -0.4 is 10.2 Å². The second-order valence-electron chi connectivity index (χ2n) is 6.36. The Kier molecular flexibility index (Phi) is 5.93. The SMILES string of the molecule is CCN(CC)c1ccc2[nH]nc(NC(=O)C(OC(C)=O)c3ccccc3)c2c1. The number of hydrogen-bond acceptors (Lipinski definition) is 5. The summed E-state index contributed by atoms with van der Waals surface area (Å²) in [5, 5.41) is 10.7. The fraction of sp³-hybridized carbons (Fsp3) is 0.286. The van der Waals surface area contributed by atoms with Crippen LogP contribution in [-0.2, 0) is 14.3 Å². The lowest BCUT2D eigenvalue weighted by atomic mass is 10.1. The summed E-state index contributed by atoms with van der Waals surface area (Å²) in [5.41, 5.74) is 2.46. The van der Waals surface area contributed by atoms with Crippen LogP contribution in [0.3, 0.4) is 0 Å². The Balaban J connectivity index is 1.90. The van der Waals surface area contributed by atoms with Gasteiger partial charge in [-0.25, -0.2) is 0 Å². The Hall–Kier alpha value is -3.35. The normalized spacial score (nSPS) is 11.8. The topological polar surface area (TPSA) is 87.3 Å². The van der Waals surface area contributed by atoms with Crippen molar-refractivity contribution in [2.75, 3.05) is 23.3 Å². The predicted octanol–water partition coefficient (Wildman–Crippen LogP) is 3.65. The van der Waals surface area contributed by atoms with Crippen molar-refractivity contribution in [2.45, 2.75) is 26.9 Å². The Morgan fingerprint density at radius 1 is 1.14 bits per heavy atom. The summed E-state index contributed by atoms with van der Waals surface area (Å²) in [5.74, 6) is -0.579. The van der Waals surface area contributed by atoms with Crippen molar-refractivity contribution in [1.29, 1.82) is 0 Å². The standard InChI is InChI=1S/C21H24N4O3/c1-4-25(5-2)16-11-12-18-17(13-16)20(24-23-18)22-21(27)19(28-14(3)26)15-9-7-6-8-10-15/h6-13,19H,4-5H2,1-3H3,(H2,22,23,24,27). The molecule has 0 aliphatic heterocycles. The zero-order valence-corrected chi connectivity index (χ0v) is 16.2. The third-order valence-corrected chi connectivity index (χ3v) is 4.54. The van der Waals surface area contributed by atoms with E-state index in [1.807, 2.05) is 24.3 Å². The van der Waals surface area contributed by atoms with Gasteiger partial charge in [-0.05, 0) is 32.0 Å². The van der Waals surface area contributed by atoms with E-state index in [0.29, 0.717) is 11.4 Å². The quantitative estimate of drug-likeness (QED) is 0.611. The number of anilines is 2. The molecule has 0 fully saturated rings. The molecule has 28 heavy (non-hydrogen) atoms. The van der Waals surface area contributed by atoms with Crippen LogP contribution in [0.15, 0.2) is 48.5 Å². The van der Waals surface area contributed by atoms with Gasteiger partial charge in [0.15, 0.2) is 5.82 Å². The van der Waals surface area contributed by atoms with E-state index in [4.69, 9.17) is 4.74 Å². The molecule has 0 bridgehead atoms. The lowest BCUT2D eigenvalue weighted by Gasteiger charge is -2.21. The maximum atomic E-state index is 12.9. The van der Waals surface area contributed by atoms with Crippen molar-refractivity contribution in [2.24, 2.45) is 0 Å². The summed E-state index contributed by atoms with van der Waals surface area (Å²) >= 11 is 0. The lowest BCUT2D eigenvalue weighted by Crippen LogP contribution is -2.25. The number of carbonyl (C=O) groups is 2. The van der Waals surface area contributed by atoms with Crippen LogP contribution in [0.2, 0.25) is 0 Å². The van der Waals surface area contributed by atoms with Crippen LogP contribution in [-0.4, -0.2) is 35.2 Å². The van der Waals surface area contributed by atoms with Crippen LogP contribution in [0.1, 0.15) is 32.4 Å². The number of amides is 1. The number of hydrogen-bond donors (Lipinski definition) is 2. The van der Waals surface area contributed by atoms with Crippen molar-refractivity contribution in [3.63, 3.8) is 0 Å². The van der Waals surface area contributed by atoms with Gasteiger partial charge >= 0.3 is 5.97 Å². The number of H-pyrrole nitrogens is 1. The van der Waals surface area contributed by atoms with Gasteiger partial charge in [0.1, 0.15) is 0 Å². The molecule has 3 aromatic rings. The van der Waals surface area contributed by atoms with E-state index in [9.17, 15) is 9.59 Å². The highest BCUT2D eigenvalue weighted by molar-refractivity contribution is 6.03. The first-order valence-electron chi connectivity index (χ1n) is 9.29. The smallest absolute Gasteiger partial charge is 0.303 e. The van der Waals surface area contributed by atoms with Crippen LogP contribution in [0.5, 0.6) is 0 Å². The van der Waals surface area contributed by atoms with E-state index in [-0.39, 0.29) is 0 Å². The zero-order chi connectivity index (χ0) is 20.1. The molecule has 0 aliphatic rings. The molecule has 0 saturated carbocycles. The summed E-state index contributed by atoms with van der Waals surface area (Å²) in [6, 6.07) is 14.9. The highest BCUT2D eigenvalue weighted by atomic mass is 16.5. The minimum Gasteiger partial charge on any atom is -0.447 e. The first-order valence-corrected chi connectivity index (χ1v) is 9.29. The number of esters is 1. The number of ether oxygens (including phenoxy) is 1. The fourth-order valence-corrected chi connectivity index (χ4v) is 3.13. The first-order chi connectivity index (χ1) is 13.5. The van der Waals surface area contributed by atoms with Crippen LogP contribution in [0, 0.1) is 0 Å². The number of nitrogens with one attached hydrogen (secondary N) is 2. The molecule has 1 amide bonds. The number of rotatable bonds is 7.